The summed E-state index contributed by atoms with van der Waals surface area (Å²) in [5.74, 6) is 1.08. The molecule has 1 saturated heterocycles. The molecule has 0 aromatic heterocycles. The minimum absolute atomic E-state index is 0.0375. The molecule has 0 saturated carbocycles. The van der Waals surface area contributed by atoms with Gasteiger partial charge in [0.05, 0.1) is 18.6 Å². The fourth-order valence-corrected chi connectivity index (χ4v) is 3.31. The van der Waals surface area contributed by atoms with Crippen LogP contribution in [-0.2, 0) is 16.1 Å². The minimum atomic E-state index is -0.349. The second kappa shape index (κ2) is 9.45. The molecule has 2 amide bonds. The lowest BCUT2D eigenvalue weighted by Gasteiger charge is -2.17. The predicted octanol–water partition coefficient (Wildman–Crippen LogP) is 3.54. The summed E-state index contributed by atoms with van der Waals surface area (Å²) in [6, 6.07) is 15.0. The Morgan fingerprint density at radius 2 is 1.76 bits per heavy atom. The summed E-state index contributed by atoms with van der Waals surface area (Å²) in [7, 11) is 0. The van der Waals surface area contributed by atoms with Crippen LogP contribution in [0.5, 0.6) is 11.5 Å². The van der Waals surface area contributed by atoms with Gasteiger partial charge in [-0.15, -0.1) is 0 Å². The highest BCUT2D eigenvalue weighted by atomic mass is 16.5. The van der Waals surface area contributed by atoms with Crippen LogP contribution in [0.3, 0.4) is 0 Å². The molecule has 0 spiro atoms. The Balaban J connectivity index is 1.53. The summed E-state index contributed by atoms with van der Waals surface area (Å²) in [6.07, 6.45) is 0.346. The highest BCUT2D eigenvalue weighted by Crippen LogP contribution is 2.27. The summed E-state index contributed by atoms with van der Waals surface area (Å²) in [5.41, 5.74) is 1.77. The number of rotatable bonds is 8. The zero-order chi connectivity index (χ0) is 20.8. The van der Waals surface area contributed by atoms with Gasteiger partial charge in [-0.25, -0.2) is 0 Å². The molecular weight excluding hydrogens is 368 g/mol. The normalized spacial score (nSPS) is 16.2. The summed E-state index contributed by atoms with van der Waals surface area (Å²) < 4.78 is 11.1. The quantitative estimate of drug-likeness (QED) is 0.741. The van der Waals surface area contributed by atoms with Gasteiger partial charge in [0.2, 0.25) is 11.8 Å². The first-order valence-electron chi connectivity index (χ1n) is 10.0. The van der Waals surface area contributed by atoms with Crippen molar-refractivity contribution < 1.29 is 19.1 Å². The molecule has 0 unspecified atom stereocenters. The lowest BCUT2D eigenvalue weighted by molar-refractivity contribution is -0.126. The fourth-order valence-electron chi connectivity index (χ4n) is 3.31. The van der Waals surface area contributed by atoms with E-state index in [1.807, 2.05) is 69.3 Å². The van der Waals surface area contributed by atoms with Crippen LogP contribution in [0.2, 0.25) is 0 Å². The molecule has 29 heavy (non-hydrogen) atoms. The van der Waals surface area contributed by atoms with Gasteiger partial charge in [0, 0.05) is 25.2 Å². The number of benzene rings is 2. The summed E-state index contributed by atoms with van der Waals surface area (Å²) in [4.78, 5) is 26.6. The van der Waals surface area contributed by atoms with Crippen molar-refractivity contribution in [3.8, 4) is 11.5 Å². The maximum absolute atomic E-state index is 12.6. The number of carbonyl (C=O) groups is 2. The number of amides is 2. The summed E-state index contributed by atoms with van der Waals surface area (Å²) >= 11 is 0. The van der Waals surface area contributed by atoms with Crippen LogP contribution in [0.1, 0.15) is 32.8 Å². The van der Waals surface area contributed by atoms with Gasteiger partial charge in [-0.05, 0) is 62.7 Å². The average Bonchev–Trinajstić information content (AvgIpc) is 3.09. The van der Waals surface area contributed by atoms with Crippen molar-refractivity contribution in [1.29, 1.82) is 0 Å². The number of carbonyl (C=O) groups excluding carboxylic acids is 2. The topological polar surface area (TPSA) is 67.9 Å². The van der Waals surface area contributed by atoms with Gasteiger partial charge >= 0.3 is 0 Å². The first-order chi connectivity index (χ1) is 14.0. The van der Waals surface area contributed by atoms with E-state index in [1.54, 1.807) is 4.90 Å². The predicted molar refractivity (Wildman–Crippen MR) is 112 cm³/mol. The van der Waals surface area contributed by atoms with Gasteiger partial charge in [0.25, 0.3) is 0 Å². The molecule has 1 heterocycles. The standard InChI is InChI=1S/C23H28N2O4/c1-4-28-20-11-7-19(8-12-20)25-15-18(13-22(25)26)23(27)24-14-17-5-9-21(10-6-17)29-16(2)3/h5-12,16,18H,4,13-15H2,1-3H3,(H,24,27)/t18-/m1/s1. The van der Waals surface area contributed by atoms with Gasteiger partial charge in [-0.3, -0.25) is 9.59 Å². The van der Waals surface area contributed by atoms with E-state index in [1.165, 1.54) is 0 Å². The molecule has 6 nitrogen and oxygen atoms in total. The second-order valence-corrected chi connectivity index (χ2v) is 7.36. The van der Waals surface area contributed by atoms with E-state index in [-0.39, 0.29) is 30.3 Å². The maximum atomic E-state index is 12.6. The molecule has 3 rings (SSSR count). The van der Waals surface area contributed by atoms with E-state index >= 15 is 0 Å². The Hall–Kier alpha value is -3.02. The molecule has 1 N–H and O–H groups in total. The van der Waals surface area contributed by atoms with Crippen LogP contribution >= 0.6 is 0 Å². The number of anilines is 1. The Kier molecular flexibility index (Phi) is 6.75. The van der Waals surface area contributed by atoms with E-state index in [9.17, 15) is 9.59 Å². The zero-order valence-corrected chi connectivity index (χ0v) is 17.2. The summed E-state index contributed by atoms with van der Waals surface area (Å²) in [5, 5.41) is 2.94. The Labute approximate surface area is 171 Å². The van der Waals surface area contributed by atoms with Crippen molar-refractivity contribution in [2.75, 3.05) is 18.1 Å². The molecule has 0 bridgehead atoms. The van der Waals surface area contributed by atoms with Crippen LogP contribution in [0, 0.1) is 5.92 Å². The highest BCUT2D eigenvalue weighted by Gasteiger charge is 2.35. The number of ether oxygens (including phenoxy) is 2. The lowest BCUT2D eigenvalue weighted by atomic mass is 10.1. The first-order valence-corrected chi connectivity index (χ1v) is 10.0. The van der Waals surface area contributed by atoms with Crippen LogP contribution in [0.25, 0.3) is 0 Å². The Morgan fingerprint density at radius 1 is 1.10 bits per heavy atom. The molecule has 6 heteroatoms. The lowest BCUT2D eigenvalue weighted by Crippen LogP contribution is -2.32. The molecule has 1 aliphatic heterocycles. The first kappa shape index (κ1) is 20.7. The van der Waals surface area contributed by atoms with E-state index in [0.717, 1.165) is 22.7 Å². The van der Waals surface area contributed by atoms with Crippen molar-refractivity contribution in [3.63, 3.8) is 0 Å². The van der Waals surface area contributed by atoms with Crippen molar-refractivity contribution in [2.45, 2.75) is 39.8 Å². The molecule has 0 aliphatic carbocycles. The fraction of sp³-hybridized carbons (Fsp3) is 0.391. The molecule has 0 radical (unpaired) electrons. The molecule has 1 atom stereocenters. The maximum Gasteiger partial charge on any atom is 0.227 e. The average molecular weight is 396 g/mol. The monoisotopic (exact) mass is 396 g/mol. The SMILES string of the molecule is CCOc1ccc(N2C[C@H](C(=O)NCc3ccc(OC(C)C)cc3)CC2=O)cc1. The molecular formula is C23H28N2O4. The van der Waals surface area contributed by atoms with Gasteiger partial charge in [-0.1, -0.05) is 12.1 Å². The van der Waals surface area contributed by atoms with Crippen LogP contribution in [-0.4, -0.2) is 31.1 Å². The van der Waals surface area contributed by atoms with Crippen LogP contribution in [0.4, 0.5) is 5.69 Å². The Morgan fingerprint density at radius 3 is 2.38 bits per heavy atom. The molecule has 1 aliphatic rings. The van der Waals surface area contributed by atoms with Crippen LogP contribution < -0.4 is 19.7 Å². The largest absolute Gasteiger partial charge is 0.494 e. The summed E-state index contributed by atoms with van der Waals surface area (Å²) in [6.45, 7) is 7.29. The van der Waals surface area contributed by atoms with Gasteiger partial charge in [-0.2, -0.15) is 0 Å². The number of hydrogen-bond acceptors (Lipinski definition) is 4. The van der Waals surface area contributed by atoms with Crippen molar-refractivity contribution in [2.24, 2.45) is 5.92 Å². The van der Waals surface area contributed by atoms with E-state index in [4.69, 9.17) is 9.47 Å². The number of hydrogen-bond donors (Lipinski definition) is 1. The van der Waals surface area contributed by atoms with Crippen molar-refractivity contribution in [3.05, 3.63) is 54.1 Å². The zero-order valence-electron chi connectivity index (χ0n) is 17.2. The van der Waals surface area contributed by atoms with Crippen molar-refractivity contribution in [1.82, 2.24) is 5.32 Å². The van der Waals surface area contributed by atoms with E-state index < -0.39 is 0 Å². The van der Waals surface area contributed by atoms with Gasteiger partial charge in [0.15, 0.2) is 0 Å². The molecule has 2 aromatic rings. The third kappa shape index (κ3) is 5.50. The molecule has 1 fully saturated rings. The van der Waals surface area contributed by atoms with Crippen molar-refractivity contribution >= 4 is 17.5 Å². The third-order valence-electron chi connectivity index (χ3n) is 4.72. The smallest absolute Gasteiger partial charge is 0.227 e. The van der Waals surface area contributed by atoms with E-state index in [0.29, 0.717) is 19.7 Å². The second-order valence-electron chi connectivity index (χ2n) is 7.36. The molecule has 2 aromatic carbocycles. The number of nitrogens with zero attached hydrogens (tertiary/aromatic N) is 1. The van der Waals surface area contributed by atoms with Gasteiger partial charge < -0.3 is 19.7 Å². The Bertz CT molecular complexity index is 831. The number of nitrogens with one attached hydrogen (secondary N) is 1. The van der Waals surface area contributed by atoms with Crippen LogP contribution in [0.15, 0.2) is 48.5 Å². The van der Waals surface area contributed by atoms with E-state index in [2.05, 4.69) is 5.32 Å². The van der Waals surface area contributed by atoms with Gasteiger partial charge in [0.1, 0.15) is 11.5 Å². The minimum Gasteiger partial charge on any atom is -0.494 e. The third-order valence-corrected chi connectivity index (χ3v) is 4.72. The highest BCUT2D eigenvalue weighted by molar-refractivity contribution is 6.00. The molecule has 154 valence electrons.